The fraction of sp³-hybridized carbons (Fsp3) is 0.900. The Kier molecular flexibility index (Phi) is 3.12. The zero-order valence-electron chi connectivity index (χ0n) is 8.48. The van der Waals surface area contributed by atoms with E-state index in [0.29, 0.717) is 5.41 Å². The van der Waals surface area contributed by atoms with E-state index < -0.39 is 0 Å². The Bertz CT molecular complexity index is 165. The summed E-state index contributed by atoms with van der Waals surface area (Å²) in [5, 5.41) is 3.41. The molecule has 0 unspecified atom stereocenters. The van der Waals surface area contributed by atoms with Crippen LogP contribution in [0.1, 0.15) is 40.0 Å². The molecule has 0 aromatic carbocycles. The molecule has 1 N–H and O–H groups in total. The van der Waals surface area contributed by atoms with Crippen LogP contribution >= 0.6 is 0 Å². The number of hydrogen-bond acceptors (Lipinski definition) is 2. The van der Waals surface area contributed by atoms with Crippen molar-refractivity contribution in [2.75, 3.05) is 13.1 Å². The molecule has 2 heteroatoms. The van der Waals surface area contributed by atoms with Gasteiger partial charge in [-0.2, -0.15) is 0 Å². The second-order valence-corrected chi connectivity index (χ2v) is 4.70. The Labute approximate surface area is 75.5 Å². The summed E-state index contributed by atoms with van der Waals surface area (Å²) in [6.45, 7) is 8.77. The zero-order valence-corrected chi connectivity index (χ0v) is 8.48. The molecule has 0 aromatic heterocycles. The third-order valence-corrected chi connectivity index (χ3v) is 1.95. The minimum atomic E-state index is 0.361. The molecule has 1 aliphatic rings. The van der Waals surface area contributed by atoms with Gasteiger partial charge in [-0.1, -0.05) is 20.8 Å². The highest BCUT2D eigenvalue weighted by molar-refractivity contribution is 5.82. The van der Waals surface area contributed by atoms with E-state index >= 15 is 0 Å². The van der Waals surface area contributed by atoms with E-state index in [9.17, 15) is 0 Å². The minimum Gasteiger partial charge on any atom is -0.373 e. The highest BCUT2D eigenvalue weighted by Crippen LogP contribution is 2.11. The molecule has 12 heavy (non-hydrogen) atoms. The summed E-state index contributed by atoms with van der Waals surface area (Å²) >= 11 is 0. The van der Waals surface area contributed by atoms with E-state index in [-0.39, 0.29) is 0 Å². The lowest BCUT2D eigenvalue weighted by molar-refractivity contribution is 0.406. The van der Waals surface area contributed by atoms with E-state index in [1.807, 2.05) is 0 Å². The van der Waals surface area contributed by atoms with Crippen LogP contribution in [0.25, 0.3) is 0 Å². The summed E-state index contributed by atoms with van der Waals surface area (Å²) in [5.41, 5.74) is 0.361. The average molecular weight is 168 g/mol. The quantitative estimate of drug-likeness (QED) is 0.638. The van der Waals surface area contributed by atoms with E-state index in [2.05, 4.69) is 31.1 Å². The van der Waals surface area contributed by atoms with Gasteiger partial charge in [0.15, 0.2) is 0 Å². The lowest BCUT2D eigenvalue weighted by Gasteiger charge is -2.21. The summed E-state index contributed by atoms with van der Waals surface area (Å²) < 4.78 is 0. The molecule has 0 radical (unpaired) electrons. The Hall–Kier alpha value is -0.530. The molecule has 2 nitrogen and oxygen atoms in total. The van der Waals surface area contributed by atoms with Crippen molar-refractivity contribution in [3.05, 3.63) is 0 Å². The van der Waals surface area contributed by atoms with Gasteiger partial charge in [-0.15, -0.1) is 0 Å². The molecule has 0 bridgehead atoms. The molecule has 1 heterocycles. The molecular formula is C10H20N2. The fourth-order valence-corrected chi connectivity index (χ4v) is 1.21. The molecule has 0 atom stereocenters. The zero-order chi connectivity index (χ0) is 9.03. The van der Waals surface area contributed by atoms with E-state index in [4.69, 9.17) is 0 Å². The lowest BCUT2D eigenvalue weighted by Crippen LogP contribution is -2.33. The van der Waals surface area contributed by atoms with Crippen molar-refractivity contribution in [2.45, 2.75) is 40.0 Å². The number of nitrogens with zero attached hydrogens (tertiary/aromatic N) is 1. The first-order valence-corrected chi connectivity index (χ1v) is 4.85. The van der Waals surface area contributed by atoms with Gasteiger partial charge in [0.05, 0.1) is 5.84 Å². The third-order valence-electron chi connectivity index (χ3n) is 1.95. The van der Waals surface area contributed by atoms with E-state index in [0.717, 1.165) is 19.5 Å². The van der Waals surface area contributed by atoms with Gasteiger partial charge in [0, 0.05) is 19.5 Å². The van der Waals surface area contributed by atoms with Gasteiger partial charge < -0.3 is 5.32 Å². The summed E-state index contributed by atoms with van der Waals surface area (Å²) in [7, 11) is 0. The maximum atomic E-state index is 4.44. The van der Waals surface area contributed by atoms with Crippen molar-refractivity contribution >= 4 is 5.84 Å². The lowest BCUT2D eigenvalue weighted by atomic mass is 9.97. The first-order chi connectivity index (χ1) is 5.58. The Morgan fingerprint density at radius 2 is 2.08 bits per heavy atom. The first kappa shape index (κ1) is 9.56. The summed E-state index contributed by atoms with van der Waals surface area (Å²) in [6.07, 6.45) is 3.72. The van der Waals surface area contributed by atoms with Gasteiger partial charge in [-0.3, -0.25) is 4.99 Å². The summed E-state index contributed by atoms with van der Waals surface area (Å²) in [5.74, 6) is 1.22. The largest absolute Gasteiger partial charge is 0.373 e. The molecule has 0 aromatic rings. The molecule has 0 amide bonds. The van der Waals surface area contributed by atoms with Crippen LogP contribution in [0.3, 0.4) is 0 Å². The Morgan fingerprint density at radius 1 is 1.33 bits per heavy atom. The molecule has 0 saturated heterocycles. The van der Waals surface area contributed by atoms with Crippen LogP contribution < -0.4 is 5.32 Å². The second kappa shape index (κ2) is 3.92. The third kappa shape index (κ3) is 3.74. The van der Waals surface area contributed by atoms with Crippen LogP contribution in [0.2, 0.25) is 0 Å². The van der Waals surface area contributed by atoms with Gasteiger partial charge in [-0.05, 0) is 18.3 Å². The second-order valence-electron chi connectivity index (χ2n) is 4.70. The standard InChI is InChI=1S/C10H20N2/c1-10(2,3)8-12-9-6-4-5-7-11-9/h4-8H2,1-3H3,(H,11,12). The molecule has 0 saturated carbocycles. The molecule has 1 rings (SSSR count). The van der Waals surface area contributed by atoms with Gasteiger partial charge in [0.1, 0.15) is 0 Å². The number of hydrogen-bond donors (Lipinski definition) is 1. The van der Waals surface area contributed by atoms with Crippen LogP contribution in [0.5, 0.6) is 0 Å². The van der Waals surface area contributed by atoms with Crippen molar-refractivity contribution in [3.8, 4) is 0 Å². The molecule has 0 spiro atoms. The fourth-order valence-electron chi connectivity index (χ4n) is 1.21. The minimum absolute atomic E-state index is 0.361. The molecule has 0 fully saturated rings. The maximum Gasteiger partial charge on any atom is 0.0963 e. The smallest absolute Gasteiger partial charge is 0.0963 e. The number of nitrogens with one attached hydrogen (secondary N) is 1. The van der Waals surface area contributed by atoms with Crippen LogP contribution in [-0.4, -0.2) is 18.9 Å². The molecule has 1 aliphatic heterocycles. The van der Waals surface area contributed by atoms with Crippen molar-refractivity contribution < 1.29 is 0 Å². The highest BCUT2D eigenvalue weighted by Gasteiger charge is 2.11. The van der Waals surface area contributed by atoms with Crippen LogP contribution in [-0.2, 0) is 0 Å². The SMILES string of the molecule is CC(C)(C)CNC1=NCCCC1. The normalized spacial score (nSPS) is 18.8. The monoisotopic (exact) mass is 168 g/mol. The topological polar surface area (TPSA) is 24.4 Å². The Balaban J connectivity index is 2.26. The van der Waals surface area contributed by atoms with Gasteiger partial charge in [0.25, 0.3) is 0 Å². The first-order valence-electron chi connectivity index (χ1n) is 4.85. The molecular weight excluding hydrogens is 148 g/mol. The van der Waals surface area contributed by atoms with Crippen molar-refractivity contribution in [1.82, 2.24) is 5.32 Å². The van der Waals surface area contributed by atoms with Crippen LogP contribution in [0.15, 0.2) is 4.99 Å². The summed E-state index contributed by atoms with van der Waals surface area (Å²) in [6, 6.07) is 0. The highest BCUT2D eigenvalue weighted by atomic mass is 15.0. The Morgan fingerprint density at radius 3 is 2.58 bits per heavy atom. The van der Waals surface area contributed by atoms with Crippen molar-refractivity contribution in [1.29, 1.82) is 0 Å². The van der Waals surface area contributed by atoms with Gasteiger partial charge >= 0.3 is 0 Å². The number of amidine groups is 1. The van der Waals surface area contributed by atoms with Crippen LogP contribution in [0, 0.1) is 5.41 Å². The predicted molar refractivity (Wildman–Crippen MR) is 53.6 cm³/mol. The predicted octanol–water partition coefficient (Wildman–Crippen LogP) is 2.20. The summed E-state index contributed by atoms with van der Waals surface area (Å²) in [4.78, 5) is 4.44. The molecule has 0 aliphatic carbocycles. The van der Waals surface area contributed by atoms with Crippen molar-refractivity contribution in [3.63, 3.8) is 0 Å². The maximum absolute atomic E-state index is 4.44. The number of aliphatic imine (C=N–C) groups is 1. The van der Waals surface area contributed by atoms with Crippen LogP contribution in [0.4, 0.5) is 0 Å². The van der Waals surface area contributed by atoms with Gasteiger partial charge in [0.2, 0.25) is 0 Å². The van der Waals surface area contributed by atoms with Crippen molar-refractivity contribution in [2.24, 2.45) is 10.4 Å². The number of rotatable bonds is 1. The average Bonchev–Trinajstić information content (AvgIpc) is 2.02. The van der Waals surface area contributed by atoms with E-state index in [1.165, 1.54) is 18.7 Å². The van der Waals surface area contributed by atoms with Gasteiger partial charge in [-0.25, -0.2) is 0 Å². The molecule has 70 valence electrons. The van der Waals surface area contributed by atoms with E-state index in [1.54, 1.807) is 0 Å².